The molecule has 0 amide bonds. The molecule has 0 aliphatic carbocycles. The lowest BCUT2D eigenvalue weighted by molar-refractivity contribution is -0.403. The fourth-order valence-electron chi connectivity index (χ4n) is 11.6. The van der Waals surface area contributed by atoms with Gasteiger partial charge in [0.25, 0.3) is 0 Å². The molecule has 22 aliphatic heterocycles. The first-order chi connectivity index (χ1) is 40.2. The molecule has 22 saturated heterocycles. The van der Waals surface area contributed by atoms with Crippen molar-refractivity contribution in [3.63, 3.8) is 0 Å². The van der Waals surface area contributed by atoms with Crippen molar-refractivity contribution in [3.8, 4) is 17.1 Å². The van der Waals surface area contributed by atoms with Crippen LogP contribution in [0, 0.1) is 6.92 Å². The van der Waals surface area contributed by atoms with Crippen molar-refractivity contribution in [2.75, 3.05) is 33.0 Å². The molecule has 33 nitrogen and oxygen atoms in total. The summed E-state index contributed by atoms with van der Waals surface area (Å²) in [6.45, 7) is -4.03. The van der Waals surface area contributed by atoms with Crippen molar-refractivity contribution >= 4 is 17.3 Å². The fourth-order valence-corrected chi connectivity index (χ4v) is 11.6. The first-order valence-corrected chi connectivity index (χ1v) is 27.0. The number of aliphatic hydroxyl groups is 17. The smallest absolute Gasteiger partial charge is 0.187 e. The zero-order valence-electron chi connectivity index (χ0n) is 44.4. The number of aliphatic hydroxyl groups excluding tert-OH is 17. The molecule has 22 fully saturated rings. The second-order valence-corrected chi connectivity index (χ2v) is 21.6. The molecule has 0 spiro atoms. The van der Waals surface area contributed by atoms with E-state index in [2.05, 4.69) is 0 Å². The molecule has 0 radical (unpaired) electrons. The molecule has 2 aromatic carbocycles. The molecule has 12 bridgehead atoms. The highest BCUT2D eigenvalue weighted by molar-refractivity contribution is 5.88. The third-order valence-electron chi connectivity index (χ3n) is 16.2. The van der Waals surface area contributed by atoms with Gasteiger partial charge >= 0.3 is 0 Å². The number of aldehydes is 1. The van der Waals surface area contributed by atoms with Crippen molar-refractivity contribution in [1.29, 1.82) is 0 Å². The van der Waals surface area contributed by atoms with Crippen LogP contribution in [0.4, 0.5) is 0 Å². The second kappa shape index (κ2) is 26.1. The summed E-state index contributed by atoms with van der Waals surface area (Å²) in [5.41, 5.74) is 1.13. The summed E-state index contributed by atoms with van der Waals surface area (Å²) < 4.78 is 72.2. The first-order valence-electron chi connectivity index (χ1n) is 27.0. The quantitative estimate of drug-likeness (QED) is 0.0885. The number of aromatic hydroxyl groups is 1. The van der Waals surface area contributed by atoms with Crippen molar-refractivity contribution in [2.24, 2.45) is 0 Å². The van der Waals surface area contributed by atoms with Gasteiger partial charge in [0, 0.05) is 0 Å². The van der Waals surface area contributed by atoms with Crippen LogP contribution in [0.25, 0.3) is 22.4 Å². The lowest BCUT2D eigenvalue weighted by Gasteiger charge is -2.50. The molecule has 0 unspecified atom stereocenters. The maximum absolute atomic E-state index is 12.2. The maximum Gasteiger partial charge on any atom is 0.187 e. The van der Waals surface area contributed by atoms with Gasteiger partial charge in [0.15, 0.2) is 44.0 Å². The fraction of sp³-hybridized carbons (Fsp3) is 0.725. The molecule has 22 aliphatic rings. The number of hydrogen-bond acceptors (Lipinski definition) is 32. The molecule has 470 valence electrons. The third kappa shape index (κ3) is 11.8. The van der Waals surface area contributed by atoms with Gasteiger partial charge < -0.3 is 153 Å². The summed E-state index contributed by atoms with van der Waals surface area (Å²) in [6, 6.07) is 9.47. The number of para-hydroxylation sites is 2. The minimum atomic E-state index is -2.24. The zero-order chi connectivity index (χ0) is 60.3. The number of phenolic OH excluding ortho intramolecular Hbond substituents is 1. The molecule has 33 heteroatoms. The molecule has 25 rings (SSSR count). The van der Waals surface area contributed by atoms with Crippen LogP contribution in [0.1, 0.15) is 15.9 Å². The van der Waals surface area contributed by atoms with E-state index in [4.69, 9.17) is 61.8 Å². The number of phenols is 1. The van der Waals surface area contributed by atoms with Gasteiger partial charge in [0.1, 0.15) is 158 Å². The number of hydrogen-bond donors (Lipinski definition) is 18. The standard InChI is InChI=1S/C51H70N2O31/c1-15-6-16(9-54)26(60)17(7-15)45-52-18-4-2-3-5-19(18)53(45)8-20-39-27(61)33(67)46(73-20)80-40-21(10-55)75-48(35(69)29(40)63)82-42-23(12-57)77-50(37(71)31(42)65)84-44-25(14-59)78-51(38(72)32(44)66)83-43-24(13-58)76-49(36(70)30(43)64)81-41-22(11-56)74-47(79-39)34(68)28(41)62/h2-7,9,20-25,27-44,46-51,55-72H,8,10-14H2,1H3/t20-,21-,22-,23-,24-,25-,27-,28-,29-,30-,31-,32-,33-,34-,35-,36-,37-,38-,39-,40-,41-,42-,43-,44-,46-,47-,48-,49-,50-,51-/m1/s1. The van der Waals surface area contributed by atoms with Gasteiger partial charge in [-0.1, -0.05) is 12.1 Å². The van der Waals surface area contributed by atoms with Gasteiger partial charge in [-0.2, -0.15) is 0 Å². The van der Waals surface area contributed by atoms with Gasteiger partial charge in [-0.15, -0.1) is 0 Å². The number of ether oxygens (including phenoxy) is 12. The van der Waals surface area contributed by atoms with E-state index >= 15 is 0 Å². The van der Waals surface area contributed by atoms with Crippen LogP contribution in [0.15, 0.2) is 36.4 Å². The summed E-state index contributed by atoms with van der Waals surface area (Å²) in [5, 5.41) is 203. The average molecular weight is 1210 g/mol. The summed E-state index contributed by atoms with van der Waals surface area (Å²) in [5.74, 6) is -0.466. The highest BCUT2D eigenvalue weighted by Crippen LogP contribution is 2.41. The summed E-state index contributed by atoms with van der Waals surface area (Å²) in [7, 11) is 0. The van der Waals surface area contributed by atoms with Crippen molar-refractivity contribution in [1.82, 2.24) is 9.55 Å². The zero-order valence-corrected chi connectivity index (χ0v) is 44.4. The van der Waals surface area contributed by atoms with Crippen molar-refractivity contribution in [3.05, 3.63) is 47.5 Å². The Morgan fingerprint density at radius 1 is 0.429 bits per heavy atom. The lowest BCUT2D eigenvalue weighted by atomic mass is 9.94. The van der Waals surface area contributed by atoms with E-state index in [1.54, 1.807) is 31.2 Å². The molecule has 18 N–H and O–H groups in total. The Morgan fingerprint density at radius 2 is 0.726 bits per heavy atom. The molecule has 1 aromatic heterocycles. The largest absolute Gasteiger partial charge is 0.506 e. The summed E-state index contributed by atoms with van der Waals surface area (Å²) >= 11 is 0. The van der Waals surface area contributed by atoms with Gasteiger partial charge in [0.05, 0.1) is 61.7 Å². The van der Waals surface area contributed by atoms with E-state index < -0.39 is 230 Å². The van der Waals surface area contributed by atoms with Gasteiger partial charge in [-0.3, -0.25) is 4.79 Å². The number of aryl methyl sites for hydroxylation is 1. The minimum Gasteiger partial charge on any atom is -0.506 e. The van der Waals surface area contributed by atoms with E-state index in [1.807, 2.05) is 0 Å². The van der Waals surface area contributed by atoms with Crippen LogP contribution in [0.5, 0.6) is 5.75 Å². The van der Waals surface area contributed by atoms with E-state index in [0.717, 1.165) is 0 Å². The van der Waals surface area contributed by atoms with Crippen LogP contribution < -0.4 is 0 Å². The number of rotatable bonds is 9. The Hall–Kier alpha value is -3.78. The summed E-state index contributed by atoms with van der Waals surface area (Å²) in [6.07, 6.45) is -59.8. The lowest BCUT2D eigenvalue weighted by Crippen LogP contribution is -2.69. The van der Waals surface area contributed by atoms with E-state index in [1.165, 1.54) is 16.7 Å². The van der Waals surface area contributed by atoms with Crippen LogP contribution >= 0.6 is 0 Å². The van der Waals surface area contributed by atoms with E-state index in [9.17, 15) is 96.7 Å². The Bertz CT molecular complexity index is 2680. The number of aromatic nitrogens is 2. The SMILES string of the molecule is Cc1cc(C=O)c(O)c(-c2nc3ccccc3n2C[C@H]2O[C@@H]3O[C@H]4[C@H](O)[C@@H](O)[C@@H](O[C@H]5[C@H](O)[C@@H](O)[C@@H](O[C@H]6[C@H](O)[C@@H](O)[C@@H](O[C@H]7[C@H](O)[C@@H](O)[C@@H](O[C@H]8[C@H](O)[C@@H](O)[C@@H](O[C@H]2[C@H](O)[C@H]3O)O[C@@H]8CO)O[C@@H]7CO)O[C@@H]6CO)O[C@@H]5CO)O[C@@H]4CO)c1. The third-order valence-corrected chi connectivity index (χ3v) is 16.2. The van der Waals surface area contributed by atoms with Gasteiger partial charge in [-0.05, 0) is 36.8 Å². The van der Waals surface area contributed by atoms with E-state index in [0.29, 0.717) is 22.9 Å². The van der Waals surface area contributed by atoms with Crippen molar-refractivity contribution < 1.29 is 154 Å². The number of carbonyl (C=O) groups excluding carboxylic acids is 1. The maximum atomic E-state index is 12.2. The number of benzene rings is 2. The molecular weight excluding hydrogens is 1140 g/mol. The normalized spacial score (nSPS) is 46.0. The molecule has 3 aromatic rings. The van der Waals surface area contributed by atoms with Crippen LogP contribution in [-0.2, 0) is 63.4 Å². The average Bonchev–Trinajstić information content (AvgIpc) is 2.79. The highest BCUT2D eigenvalue weighted by Gasteiger charge is 2.59. The molecule has 84 heavy (non-hydrogen) atoms. The number of fused-ring (bicyclic) bond motifs is 1. The molecular formula is C51H70N2O31. The summed E-state index contributed by atoms with van der Waals surface area (Å²) in [4.78, 5) is 16.9. The Labute approximate surface area is 474 Å². The predicted molar refractivity (Wildman–Crippen MR) is 266 cm³/mol. The monoisotopic (exact) mass is 1210 g/mol. The highest BCUT2D eigenvalue weighted by atomic mass is 16.8. The first kappa shape index (κ1) is 63.2. The topological polar surface area (TPSA) is 510 Å². The van der Waals surface area contributed by atoms with Gasteiger partial charge in [0.2, 0.25) is 0 Å². The van der Waals surface area contributed by atoms with E-state index in [-0.39, 0.29) is 17.0 Å². The predicted octanol–water partition coefficient (Wildman–Crippen LogP) is -9.50. The Balaban J connectivity index is 1.02. The molecule has 23 heterocycles. The Morgan fingerprint density at radius 3 is 1.04 bits per heavy atom. The number of carbonyl (C=O) groups is 1. The van der Waals surface area contributed by atoms with Crippen molar-refractivity contribution in [2.45, 2.75) is 198 Å². The number of nitrogens with zero attached hydrogens (tertiary/aromatic N) is 2. The van der Waals surface area contributed by atoms with Crippen LogP contribution in [0.3, 0.4) is 0 Å². The molecule has 30 atom stereocenters. The Kier molecular flexibility index (Phi) is 19.7. The second-order valence-electron chi connectivity index (χ2n) is 21.6. The van der Waals surface area contributed by atoms with Gasteiger partial charge in [-0.25, -0.2) is 4.98 Å². The minimum absolute atomic E-state index is 0.0119. The number of imidazole rings is 1. The van der Waals surface area contributed by atoms with Crippen LogP contribution in [0.2, 0.25) is 0 Å². The molecule has 0 saturated carbocycles. The van der Waals surface area contributed by atoms with Crippen LogP contribution in [-0.4, -0.2) is 325 Å².